The minimum absolute atomic E-state index is 0.161. The number of aromatic nitrogens is 1. The van der Waals surface area contributed by atoms with E-state index in [4.69, 9.17) is 4.74 Å². The molecule has 0 fully saturated rings. The van der Waals surface area contributed by atoms with Crippen LogP contribution < -0.4 is 15.0 Å². The van der Waals surface area contributed by atoms with Crippen molar-refractivity contribution in [1.29, 1.82) is 0 Å². The molecule has 2 heterocycles. The average Bonchev–Trinajstić information content (AvgIpc) is 2.51. The summed E-state index contributed by atoms with van der Waals surface area (Å²) in [5, 5.41) is 3.70. The fourth-order valence-corrected chi connectivity index (χ4v) is 3.21. The summed E-state index contributed by atoms with van der Waals surface area (Å²) in [6, 6.07) is 10.6. The molecule has 1 aliphatic rings. The molecule has 1 N–H and O–H groups in total. The number of rotatable bonds is 4. The molecule has 0 unspecified atom stereocenters. The molecule has 2 aromatic rings. The van der Waals surface area contributed by atoms with Crippen LogP contribution in [0.1, 0.15) is 37.4 Å². The minimum atomic E-state index is -0.161. The van der Waals surface area contributed by atoms with Crippen LogP contribution >= 0.6 is 0 Å². The van der Waals surface area contributed by atoms with E-state index in [0.717, 1.165) is 18.7 Å². The number of hydrogen-bond acceptors (Lipinski definition) is 4. The summed E-state index contributed by atoms with van der Waals surface area (Å²) in [6.07, 6.45) is 4.73. The highest BCUT2D eigenvalue weighted by Gasteiger charge is 2.33. The first-order valence-corrected chi connectivity index (χ1v) is 8.08. The number of benzene rings is 1. The van der Waals surface area contributed by atoms with Gasteiger partial charge in [0.2, 0.25) is 0 Å². The smallest absolute Gasteiger partial charge is 0.124 e. The summed E-state index contributed by atoms with van der Waals surface area (Å²) < 4.78 is 6.10. The number of ether oxygens (including phenoxy) is 1. The van der Waals surface area contributed by atoms with Crippen LogP contribution in [0, 0.1) is 0 Å². The monoisotopic (exact) mass is 311 g/mol. The van der Waals surface area contributed by atoms with Gasteiger partial charge >= 0.3 is 0 Å². The fourth-order valence-electron chi connectivity index (χ4n) is 3.21. The van der Waals surface area contributed by atoms with Crippen LogP contribution in [0.4, 0.5) is 5.69 Å². The lowest BCUT2D eigenvalue weighted by Gasteiger charge is -2.38. The maximum absolute atomic E-state index is 6.10. The number of hydrogen-bond donors (Lipinski definition) is 1. The van der Waals surface area contributed by atoms with Gasteiger partial charge in [-0.3, -0.25) is 4.98 Å². The van der Waals surface area contributed by atoms with Gasteiger partial charge < -0.3 is 15.0 Å². The summed E-state index contributed by atoms with van der Waals surface area (Å²) in [5.74, 6) is 0.986. The number of nitrogens with zero attached hydrogens (tertiary/aromatic N) is 2. The molecule has 1 atom stereocenters. The van der Waals surface area contributed by atoms with Crippen LogP contribution in [0.25, 0.3) is 0 Å². The number of fused-ring (bicyclic) bond motifs is 1. The minimum Gasteiger partial charge on any atom is -0.487 e. The van der Waals surface area contributed by atoms with Crippen molar-refractivity contribution in [3.63, 3.8) is 0 Å². The Bertz CT molecular complexity index is 682. The predicted molar refractivity (Wildman–Crippen MR) is 93.9 cm³/mol. The van der Waals surface area contributed by atoms with Gasteiger partial charge in [-0.05, 0) is 26.0 Å². The van der Waals surface area contributed by atoms with E-state index in [1.54, 1.807) is 0 Å². The van der Waals surface area contributed by atoms with Crippen molar-refractivity contribution < 1.29 is 4.74 Å². The molecular weight excluding hydrogens is 286 g/mol. The van der Waals surface area contributed by atoms with Crippen LogP contribution in [0.15, 0.2) is 42.7 Å². The molecule has 4 heteroatoms. The third kappa shape index (κ3) is 3.48. The van der Waals surface area contributed by atoms with Crippen molar-refractivity contribution in [2.75, 3.05) is 19.0 Å². The van der Waals surface area contributed by atoms with Crippen LogP contribution in [0.3, 0.4) is 0 Å². The Morgan fingerprint density at radius 1 is 1.26 bits per heavy atom. The maximum Gasteiger partial charge on any atom is 0.124 e. The van der Waals surface area contributed by atoms with E-state index in [1.165, 1.54) is 16.8 Å². The van der Waals surface area contributed by atoms with Gasteiger partial charge in [-0.2, -0.15) is 0 Å². The maximum atomic E-state index is 6.10. The molecule has 1 aliphatic heterocycles. The zero-order valence-electron chi connectivity index (χ0n) is 14.3. The Morgan fingerprint density at radius 3 is 2.83 bits per heavy atom. The van der Waals surface area contributed by atoms with Crippen LogP contribution in [0.2, 0.25) is 0 Å². The zero-order valence-corrected chi connectivity index (χ0v) is 14.3. The van der Waals surface area contributed by atoms with Crippen LogP contribution in [0.5, 0.6) is 5.75 Å². The predicted octanol–water partition coefficient (Wildman–Crippen LogP) is 3.54. The Hall–Kier alpha value is -2.07. The molecule has 0 radical (unpaired) electrons. The van der Waals surface area contributed by atoms with E-state index in [9.17, 15) is 0 Å². The lowest BCUT2D eigenvalue weighted by atomic mass is 9.89. The first-order valence-electron chi connectivity index (χ1n) is 8.08. The number of pyridine rings is 1. The molecule has 3 rings (SSSR count). The normalized spacial score (nSPS) is 18.9. The van der Waals surface area contributed by atoms with Gasteiger partial charge in [-0.25, -0.2) is 0 Å². The standard InChI is InChI=1S/C19H25N3O/c1-19(2)11-16(15-7-5-6-8-18(15)23-19)21-13-14-12-20-10-9-17(14)22(3)4/h5-10,12,16,21H,11,13H2,1-4H3/t16-/m1/s1. The van der Waals surface area contributed by atoms with E-state index in [1.807, 2.05) is 18.5 Å². The summed E-state index contributed by atoms with van der Waals surface area (Å²) >= 11 is 0. The average molecular weight is 311 g/mol. The van der Waals surface area contributed by atoms with Crippen molar-refractivity contribution in [3.8, 4) is 5.75 Å². The Labute approximate surface area is 138 Å². The Morgan fingerprint density at radius 2 is 2.04 bits per heavy atom. The first-order chi connectivity index (χ1) is 11.0. The Balaban J connectivity index is 1.81. The number of para-hydroxylation sites is 1. The molecule has 0 amide bonds. The third-order valence-corrected chi connectivity index (χ3v) is 4.27. The summed E-state index contributed by atoms with van der Waals surface area (Å²) in [5.41, 5.74) is 3.49. The van der Waals surface area contributed by atoms with Crippen LogP contribution in [-0.2, 0) is 6.54 Å². The first kappa shape index (κ1) is 15.8. The quantitative estimate of drug-likeness (QED) is 0.937. The molecule has 1 aromatic heterocycles. The van der Waals surface area contributed by atoms with Crippen molar-refractivity contribution in [3.05, 3.63) is 53.9 Å². The molecule has 122 valence electrons. The molecule has 0 spiro atoms. The van der Waals surface area contributed by atoms with E-state index in [0.29, 0.717) is 0 Å². The van der Waals surface area contributed by atoms with E-state index >= 15 is 0 Å². The number of anilines is 1. The van der Waals surface area contributed by atoms with Crippen molar-refractivity contribution in [2.45, 2.75) is 38.5 Å². The van der Waals surface area contributed by atoms with Gasteiger partial charge in [0, 0.05) is 62.3 Å². The lowest BCUT2D eigenvalue weighted by molar-refractivity contribution is 0.0657. The molecular formula is C19H25N3O. The van der Waals surface area contributed by atoms with Gasteiger partial charge in [-0.15, -0.1) is 0 Å². The summed E-state index contributed by atoms with van der Waals surface area (Å²) in [6.45, 7) is 5.08. The van der Waals surface area contributed by atoms with Crippen molar-refractivity contribution in [2.24, 2.45) is 0 Å². The molecule has 0 aliphatic carbocycles. The largest absolute Gasteiger partial charge is 0.487 e. The lowest BCUT2D eigenvalue weighted by Crippen LogP contribution is -2.39. The van der Waals surface area contributed by atoms with E-state index in [2.05, 4.69) is 67.4 Å². The summed E-state index contributed by atoms with van der Waals surface area (Å²) in [7, 11) is 4.12. The SMILES string of the molecule is CN(C)c1ccncc1CN[C@@H]1CC(C)(C)Oc2ccccc21. The molecule has 4 nitrogen and oxygen atoms in total. The van der Waals surface area contributed by atoms with Gasteiger partial charge in [0.25, 0.3) is 0 Å². The molecule has 1 aromatic carbocycles. The molecule has 23 heavy (non-hydrogen) atoms. The highest BCUT2D eigenvalue weighted by atomic mass is 16.5. The van der Waals surface area contributed by atoms with Gasteiger partial charge in [0.1, 0.15) is 11.4 Å². The molecule has 0 bridgehead atoms. The Kier molecular flexibility index (Phi) is 4.26. The van der Waals surface area contributed by atoms with Gasteiger partial charge in [0.05, 0.1) is 0 Å². The summed E-state index contributed by atoms with van der Waals surface area (Å²) in [4.78, 5) is 6.40. The van der Waals surface area contributed by atoms with E-state index in [-0.39, 0.29) is 11.6 Å². The van der Waals surface area contributed by atoms with Crippen LogP contribution in [-0.4, -0.2) is 24.7 Å². The second-order valence-electron chi connectivity index (χ2n) is 6.94. The third-order valence-electron chi connectivity index (χ3n) is 4.27. The topological polar surface area (TPSA) is 37.4 Å². The molecule has 0 saturated heterocycles. The second-order valence-corrected chi connectivity index (χ2v) is 6.94. The highest BCUT2D eigenvalue weighted by Crippen LogP contribution is 2.39. The fraction of sp³-hybridized carbons (Fsp3) is 0.421. The second kappa shape index (κ2) is 6.20. The van der Waals surface area contributed by atoms with E-state index < -0.39 is 0 Å². The van der Waals surface area contributed by atoms with Crippen molar-refractivity contribution in [1.82, 2.24) is 10.3 Å². The van der Waals surface area contributed by atoms with Gasteiger partial charge in [0.15, 0.2) is 0 Å². The zero-order chi connectivity index (χ0) is 16.4. The molecule has 0 saturated carbocycles. The van der Waals surface area contributed by atoms with Gasteiger partial charge in [-0.1, -0.05) is 18.2 Å². The number of nitrogens with one attached hydrogen (secondary N) is 1. The van der Waals surface area contributed by atoms with Crippen molar-refractivity contribution >= 4 is 5.69 Å². The highest BCUT2D eigenvalue weighted by molar-refractivity contribution is 5.51.